The first-order valence-electron chi connectivity index (χ1n) is 12.6. The van der Waals surface area contributed by atoms with E-state index in [9.17, 15) is 13.2 Å². The number of rotatable bonds is 10. The molecule has 34 heavy (non-hydrogen) atoms. The number of alkyl halides is 3. The first-order valence-corrected chi connectivity index (χ1v) is 12.6. The van der Waals surface area contributed by atoms with Crippen LogP contribution in [0.1, 0.15) is 75.0 Å². The Morgan fingerprint density at radius 2 is 1.44 bits per heavy atom. The topological polar surface area (TPSA) is 27.0 Å². The molecule has 0 aliphatic heterocycles. The minimum Gasteiger partial charge on any atom is -0.303 e. The highest BCUT2D eigenvalue weighted by Gasteiger charge is 2.41. The molecule has 3 rings (SSSR count). The summed E-state index contributed by atoms with van der Waals surface area (Å²) in [5, 5.41) is 7.32. The highest BCUT2D eigenvalue weighted by molar-refractivity contribution is 5.26. The van der Waals surface area contributed by atoms with Crippen LogP contribution in [0.5, 0.6) is 0 Å². The molecular weight excluding hydrogens is 433 g/mol. The predicted octanol–water partition coefficient (Wildman–Crippen LogP) is 7.94. The highest BCUT2D eigenvalue weighted by Crippen LogP contribution is 2.42. The van der Waals surface area contributed by atoms with Gasteiger partial charge in [-0.1, -0.05) is 61.5 Å². The van der Waals surface area contributed by atoms with Crippen LogP contribution in [-0.2, 0) is 12.8 Å². The molecule has 1 saturated carbocycles. The van der Waals surface area contributed by atoms with Crippen LogP contribution in [0, 0.1) is 17.2 Å². The second-order valence-corrected chi connectivity index (χ2v) is 9.24. The van der Waals surface area contributed by atoms with E-state index in [-0.39, 0.29) is 18.8 Å². The van der Waals surface area contributed by atoms with Gasteiger partial charge in [0, 0.05) is 13.5 Å². The van der Waals surface area contributed by atoms with Crippen LogP contribution >= 0.6 is 0 Å². The molecule has 0 radical (unpaired) electrons. The molecule has 1 aliphatic rings. The first kappa shape index (κ1) is 27.9. The highest BCUT2D eigenvalue weighted by atomic mass is 19.4. The molecule has 0 bridgehead atoms. The average Bonchev–Trinajstić information content (AvgIpc) is 2.84. The minimum atomic E-state index is -4.03. The van der Waals surface area contributed by atoms with Crippen molar-refractivity contribution in [1.82, 2.24) is 4.90 Å². The number of aryl methyl sites for hydroxylation is 1. The van der Waals surface area contributed by atoms with Crippen LogP contribution in [0.25, 0.3) is 0 Å². The van der Waals surface area contributed by atoms with Gasteiger partial charge in [-0.15, -0.1) is 0 Å². The molecule has 1 fully saturated rings. The summed E-state index contributed by atoms with van der Waals surface area (Å²) in [7, 11) is 0. The maximum atomic E-state index is 12.9. The zero-order chi connectivity index (χ0) is 24.8. The minimum absolute atomic E-state index is 0.270. The van der Waals surface area contributed by atoms with Gasteiger partial charge in [0.2, 0.25) is 0 Å². The third-order valence-electron chi connectivity index (χ3n) is 6.68. The van der Waals surface area contributed by atoms with E-state index >= 15 is 0 Å². The quantitative estimate of drug-likeness (QED) is 0.351. The number of hydrogen-bond donors (Lipinski definition) is 0. The summed E-state index contributed by atoms with van der Waals surface area (Å²) in [6.45, 7) is 6.99. The van der Waals surface area contributed by atoms with Crippen molar-refractivity contribution in [2.45, 2.75) is 77.3 Å². The lowest BCUT2D eigenvalue weighted by Crippen LogP contribution is -2.28. The predicted molar refractivity (Wildman–Crippen MR) is 134 cm³/mol. The van der Waals surface area contributed by atoms with Gasteiger partial charge in [0.25, 0.3) is 0 Å². The molecule has 0 spiro atoms. The second kappa shape index (κ2) is 14.8. The van der Waals surface area contributed by atoms with Gasteiger partial charge in [0.05, 0.1) is 12.0 Å². The smallest absolute Gasteiger partial charge is 0.303 e. The molecule has 2 aromatic rings. The summed E-state index contributed by atoms with van der Waals surface area (Å²) < 4.78 is 38.6. The van der Waals surface area contributed by atoms with Gasteiger partial charge in [-0.3, -0.25) is 0 Å². The fourth-order valence-corrected chi connectivity index (χ4v) is 4.80. The second-order valence-electron chi connectivity index (χ2n) is 9.24. The first-order chi connectivity index (χ1) is 16.4. The molecule has 186 valence electrons. The van der Waals surface area contributed by atoms with Gasteiger partial charge < -0.3 is 4.90 Å². The third kappa shape index (κ3) is 9.89. The number of nitriles is 1. The molecule has 0 amide bonds. The van der Waals surface area contributed by atoms with E-state index in [1.54, 1.807) is 6.07 Å². The zero-order valence-electron chi connectivity index (χ0n) is 20.7. The lowest BCUT2D eigenvalue weighted by atomic mass is 9.78. The van der Waals surface area contributed by atoms with E-state index in [0.29, 0.717) is 12.8 Å². The summed E-state index contributed by atoms with van der Waals surface area (Å²) in [6.07, 6.45) is 2.25. The van der Waals surface area contributed by atoms with Crippen molar-refractivity contribution < 1.29 is 13.2 Å². The largest absolute Gasteiger partial charge is 0.391 e. The van der Waals surface area contributed by atoms with Crippen LogP contribution in [0.2, 0.25) is 0 Å². The van der Waals surface area contributed by atoms with Crippen molar-refractivity contribution in [3.8, 4) is 6.07 Å². The Balaban J connectivity index is 0.00000129. The van der Waals surface area contributed by atoms with E-state index in [4.69, 9.17) is 5.26 Å². The summed E-state index contributed by atoms with van der Waals surface area (Å²) in [5.41, 5.74) is 3.93. The van der Waals surface area contributed by atoms with E-state index in [1.807, 2.05) is 0 Å². The van der Waals surface area contributed by atoms with Crippen LogP contribution in [0.15, 0.2) is 54.6 Å². The fourth-order valence-electron chi connectivity index (χ4n) is 4.80. The Labute approximate surface area is 203 Å². The fraction of sp³-hybridized carbons (Fsp3) is 0.552. The average molecular weight is 473 g/mol. The Bertz CT molecular complexity index is 832. The van der Waals surface area contributed by atoms with Gasteiger partial charge in [-0.25, -0.2) is 0 Å². The summed E-state index contributed by atoms with van der Waals surface area (Å²) in [5.74, 6) is -0.818. The van der Waals surface area contributed by atoms with Crippen LogP contribution in [0.3, 0.4) is 0 Å². The van der Waals surface area contributed by atoms with Crippen LogP contribution in [-0.4, -0.2) is 30.7 Å². The van der Waals surface area contributed by atoms with Crippen molar-refractivity contribution in [2.75, 3.05) is 19.6 Å². The monoisotopic (exact) mass is 472 g/mol. The normalized spacial score (nSPS) is 18.1. The van der Waals surface area contributed by atoms with E-state index in [2.05, 4.69) is 66.4 Å². The number of nitrogens with zero attached hydrogens (tertiary/aromatic N) is 2. The Morgan fingerprint density at radius 1 is 0.853 bits per heavy atom. The number of benzene rings is 2. The summed E-state index contributed by atoms with van der Waals surface area (Å²) >= 11 is 0. The molecule has 1 aliphatic carbocycles. The Morgan fingerprint density at radius 3 is 2.00 bits per heavy atom. The van der Waals surface area contributed by atoms with Gasteiger partial charge >= 0.3 is 6.18 Å². The van der Waals surface area contributed by atoms with Crippen molar-refractivity contribution >= 4 is 0 Å². The maximum Gasteiger partial charge on any atom is 0.391 e. The van der Waals surface area contributed by atoms with Crippen LogP contribution in [0.4, 0.5) is 13.2 Å². The molecule has 0 atom stereocenters. The molecule has 0 saturated heterocycles. The molecule has 5 heteroatoms. The summed E-state index contributed by atoms with van der Waals surface area (Å²) in [4.78, 5) is 2.56. The molecule has 0 unspecified atom stereocenters. The van der Waals surface area contributed by atoms with Gasteiger partial charge in [0.15, 0.2) is 0 Å². The van der Waals surface area contributed by atoms with E-state index in [1.165, 1.54) is 30.0 Å². The maximum absolute atomic E-state index is 12.9. The Kier molecular flexibility index (Phi) is 12.2. The lowest BCUT2D eigenvalue weighted by molar-refractivity contribution is -0.182. The Hall–Kier alpha value is -2.32. The van der Waals surface area contributed by atoms with Gasteiger partial charge in [-0.05, 0) is 87.1 Å². The number of hydrogen-bond acceptors (Lipinski definition) is 2. The zero-order valence-corrected chi connectivity index (χ0v) is 20.7. The van der Waals surface area contributed by atoms with E-state index < -0.39 is 12.1 Å². The molecule has 0 N–H and O–H groups in total. The van der Waals surface area contributed by atoms with Crippen molar-refractivity contribution in [3.05, 3.63) is 71.3 Å². The van der Waals surface area contributed by atoms with Crippen molar-refractivity contribution in [1.29, 1.82) is 5.26 Å². The lowest BCUT2D eigenvalue weighted by Gasteiger charge is -2.30. The standard InChI is InChI=1S/C27H36F3N.C2H3N/c1-2-19-31(21-18-22-7-4-3-5-8-22)20-6-9-23-10-12-24(13-11-23)25-14-16-26(17-15-25)27(28,29)30;1-2-3/h3-5,7-8,10-13,25-26H,2,6,9,14-21H2,1H3;1H3. The van der Waals surface area contributed by atoms with Crippen LogP contribution < -0.4 is 0 Å². The molecule has 2 nitrogen and oxygen atoms in total. The molecular formula is C29H39F3N2. The SMILES string of the molecule is CC#N.CCCN(CCCc1ccc(C2CCC(C(F)(F)F)CC2)cc1)CCc1ccccc1. The van der Waals surface area contributed by atoms with Crippen molar-refractivity contribution in [2.24, 2.45) is 5.92 Å². The summed E-state index contributed by atoms with van der Waals surface area (Å²) in [6, 6.07) is 21.1. The number of halogens is 3. The molecule has 2 aromatic carbocycles. The molecule has 0 heterocycles. The molecule has 0 aromatic heterocycles. The van der Waals surface area contributed by atoms with Crippen molar-refractivity contribution in [3.63, 3.8) is 0 Å². The van der Waals surface area contributed by atoms with Gasteiger partial charge in [0.1, 0.15) is 0 Å². The third-order valence-corrected chi connectivity index (χ3v) is 6.68. The van der Waals surface area contributed by atoms with Gasteiger partial charge in [-0.2, -0.15) is 18.4 Å². The van der Waals surface area contributed by atoms with E-state index in [0.717, 1.165) is 38.9 Å².